The van der Waals surface area contributed by atoms with Gasteiger partial charge in [0.15, 0.2) is 5.82 Å². The van der Waals surface area contributed by atoms with Crippen molar-refractivity contribution < 1.29 is 22.3 Å². The fraction of sp³-hybridized carbons (Fsp3) is 0.304. The first-order valence-corrected chi connectivity index (χ1v) is 9.94. The summed E-state index contributed by atoms with van der Waals surface area (Å²) >= 11 is 0. The summed E-state index contributed by atoms with van der Waals surface area (Å²) in [6.45, 7) is 8.20. The summed E-state index contributed by atoms with van der Waals surface area (Å²) in [6, 6.07) is 8.06. The molecule has 0 aliphatic heterocycles. The summed E-state index contributed by atoms with van der Waals surface area (Å²) in [7, 11) is 1.83. The minimum atomic E-state index is -4.93. The van der Waals surface area contributed by atoms with E-state index in [0.29, 0.717) is 16.9 Å². The van der Waals surface area contributed by atoms with Crippen LogP contribution in [0.25, 0.3) is 33.7 Å². The van der Waals surface area contributed by atoms with Gasteiger partial charge in [-0.05, 0) is 36.8 Å². The van der Waals surface area contributed by atoms with Crippen LogP contribution in [0.4, 0.5) is 17.6 Å². The number of aromatic amines is 1. The Kier molecular flexibility index (Phi) is 5.02. The molecule has 1 N–H and O–H groups in total. The fourth-order valence-corrected chi connectivity index (χ4v) is 3.94. The molecule has 0 saturated heterocycles. The van der Waals surface area contributed by atoms with Crippen molar-refractivity contribution in [2.24, 2.45) is 7.05 Å². The average molecular weight is 446 g/mol. The van der Waals surface area contributed by atoms with Crippen LogP contribution < -0.4 is 4.74 Å². The highest BCUT2D eigenvalue weighted by atomic mass is 19.4. The Bertz CT molecular complexity index is 1310. The zero-order chi connectivity index (χ0) is 23.4. The highest BCUT2D eigenvalue weighted by Gasteiger charge is 2.33. The topological polar surface area (TPSA) is 55.7 Å². The van der Waals surface area contributed by atoms with Crippen LogP contribution in [0.1, 0.15) is 32.0 Å². The van der Waals surface area contributed by atoms with Gasteiger partial charge in [0.05, 0.1) is 22.3 Å². The monoisotopic (exact) mass is 446 g/mol. The molecule has 0 aliphatic rings. The summed E-state index contributed by atoms with van der Waals surface area (Å²) in [5.41, 5.74) is 3.69. The summed E-state index contributed by atoms with van der Waals surface area (Å²) < 4.78 is 58.7. The molecule has 0 fully saturated rings. The van der Waals surface area contributed by atoms with E-state index in [0.717, 1.165) is 29.1 Å². The molecule has 0 spiro atoms. The minimum Gasteiger partial charge on any atom is -0.405 e. The zero-order valence-corrected chi connectivity index (χ0v) is 18.2. The predicted octanol–water partition coefficient (Wildman–Crippen LogP) is 6.27. The second-order valence-electron chi connectivity index (χ2n) is 8.67. The Hall–Kier alpha value is -3.36. The molecule has 0 atom stereocenters. The van der Waals surface area contributed by atoms with Crippen molar-refractivity contribution in [1.29, 1.82) is 0 Å². The molecule has 0 aliphatic carbocycles. The van der Waals surface area contributed by atoms with Gasteiger partial charge in [-0.1, -0.05) is 32.9 Å². The lowest BCUT2D eigenvalue weighted by Gasteiger charge is -2.16. The normalized spacial score (nSPS) is 12.5. The van der Waals surface area contributed by atoms with Crippen molar-refractivity contribution >= 4 is 11.0 Å². The number of hydrogen-bond acceptors (Lipinski definition) is 3. The van der Waals surface area contributed by atoms with Crippen molar-refractivity contribution in [2.45, 2.75) is 39.5 Å². The Balaban J connectivity index is 1.83. The molecule has 2 aromatic heterocycles. The third kappa shape index (κ3) is 3.94. The first kappa shape index (κ1) is 21.9. The lowest BCUT2D eigenvalue weighted by Crippen LogP contribution is -2.17. The number of imidazole rings is 1. The predicted molar refractivity (Wildman–Crippen MR) is 114 cm³/mol. The number of rotatable bonds is 3. The molecule has 32 heavy (non-hydrogen) atoms. The molecule has 2 aromatic carbocycles. The van der Waals surface area contributed by atoms with Crippen molar-refractivity contribution in [1.82, 2.24) is 19.7 Å². The van der Waals surface area contributed by atoms with Crippen LogP contribution in [-0.4, -0.2) is 26.1 Å². The third-order valence-corrected chi connectivity index (χ3v) is 5.19. The van der Waals surface area contributed by atoms with E-state index in [4.69, 9.17) is 0 Å². The van der Waals surface area contributed by atoms with Gasteiger partial charge in [0.2, 0.25) is 0 Å². The average Bonchev–Trinajstić information content (AvgIpc) is 3.19. The molecule has 9 heteroatoms. The molecule has 0 bridgehead atoms. The number of nitrogens with one attached hydrogen (secondary N) is 1. The van der Waals surface area contributed by atoms with Crippen molar-refractivity contribution in [3.05, 3.63) is 53.5 Å². The maximum absolute atomic E-state index is 14.5. The zero-order valence-electron chi connectivity index (χ0n) is 18.2. The van der Waals surface area contributed by atoms with Gasteiger partial charge < -0.3 is 9.72 Å². The SMILES string of the molecule is Cc1c(C(C)(C)C)nn(C)c1-c1nc2ccc(-c3c(F)cccc3OC(F)(F)F)cc2[nH]1. The Morgan fingerprint density at radius 1 is 1.06 bits per heavy atom. The molecule has 0 radical (unpaired) electrons. The molecular formula is C23H22F4N4O. The van der Waals surface area contributed by atoms with Crippen LogP contribution >= 0.6 is 0 Å². The molecular weight excluding hydrogens is 424 g/mol. The number of fused-ring (bicyclic) bond motifs is 1. The number of alkyl halides is 3. The molecule has 0 saturated carbocycles. The summed E-state index contributed by atoms with van der Waals surface area (Å²) in [5.74, 6) is -0.850. The van der Waals surface area contributed by atoms with Gasteiger partial charge >= 0.3 is 6.36 Å². The van der Waals surface area contributed by atoms with Gasteiger partial charge in [0, 0.05) is 18.0 Å². The van der Waals surface area contributed by atoms with E-state index in [2.05, 4.69) is 40.6 Å². The van der Waals surface area contributed by atoms with Crippen LogP contribution in [0.5, 0.6) is 5.75 Å². The van der Waals surface area contributed by atoms with E-state index in [9.17, 15) is 17.6 Å². The summed E-state index contributed by atoms with van der Waals surface area (Å²) in [4.78, 5) is 7.82. The number of H-pyrrole nitrogens is 1. The quantitative estimate of drug-likeness (QED) is 0.377. The molecule has 2 heterocycles. The first-order valence-electron chi connectivity index (χ1n) is 9.94. The molecule has 4 rings (SSSR count). The number of halogens is 4. The van der Waals surface area contributed by atoms with Crippen molar-refractivity contribution in [3.8, 4) is 28.4 Å². The summed E-state index contributed by atoms with van der Waals surface area (Å²) in [5, 5.41) is 4.63. The highest BCUT2D eigenvalue weighted by molar-refractivity contribution is 5.86. The van der Waals surface area contributed by atoms with Crippen molar-refractivity contribution in [2.75, 3.05) is 0 Å². The standard InChI is InChI=1S/C23H22F4N4O/c1-12-19(31(5)30-20(12)22(2,3)4)21-28-15-10-9-13(11-16(15)29-21)18-14(24)7-6-8-17(18)32-23(25,26)27/h6-11H,1-5H3,(H,28,29). The second kappa shape index (κ2) is 7.36. The number of nitrogens with zero attached hydrogens (tertiary/aromatic N) is 3. The molecule has 4 aromatic rings. The largest absolute Gasteiger partial charge is 0.573 e. The Morgan fingerprint density at radius 2 is 1.78 bits per heavy atom. The number of benzene rings is 2. The van der Waals surface area contributed by atoms with Crippen LogP contribution in [0.3, 0.4) is 0 Å². The summed E-state index contributed by atoms with van der Waals surface area (Å²) in [6.07, 6.45) is -4.93. The Labute approximate surface area is 182 Å². The van der Waals surface area contributed by atoms with E-state index in [1.54, 1.807) is 16.8 Å². The fourth-order valence-electron chi connectivity index (χ4n) is 3.94. The van der Waals surface area contributed by atoms with Crippen LogP contribution in [0, 0.1) is 12.7 Å². The van der Waals surface area contributed by atoms with Gasteiger partial charge in [0.25, 0.3) is 0 Å². The van der Waals surface area contributed by atoms with E-state index in [1.165, 1.54) is 12.1 Å². The van der Waals surface area contributed by atoms with Gasteiger partial charge in [-0.3, -0.25) is 4.68 Å². The minimum absolute atomic E-state index is 0.154. The van der Waals surface area contributed by atoms with Gasteiger partial charge in [-0.25, -0.2) is 9.37 Å². The van der Waals surface area contributed by atoms with Gasteiger partial charge in [-0.2, -0.15) is 5.10 Å². The van der Waals surface area contributed by atoms with E-state index < -0.39 is 17.9 Å². The van der Waals surface area contributed by atoms with Crippen LogP contribution in [0.2, 0.25) is 0 Å². The van der Waals surface area contributed by atoms with Crippen molar-refractivity contribution in [3.63, 3.8) is 0 Å². The molecule has 5 nitrogen and oxygen atoms in total. The highest BCUT2D eigenvalue weighted by Crippen LogP contribution is 2.37. The van der Waals surface area contributed by atoms with E-state index >= 15 is 0 Å². The van der Waals surface area contributed by atoms with E-state index in [1.807, 2.05) is 14.0 Å². The molecule has 168 valence electrons. The number of aryl methyl sites for hydroxylation is 1. The third-order valence-electron chi connectivity index (χ3n) is 5.19. The van der Waals surface area contributed by atoms with E-state index in [-0.39, 0.29) is 16.5 Å². The van der Waals surface area contributed by atoms with Gasteiger partial charge in [0.1, 0.15) is 17.3 Å². The lowest BCUT2D eigenvalue weighted by molar-refractivity contribution is -0.274. The molecule has 0 amide bonds. The smallest absolute Gasteiger partial charge is 0.405 e. The van der Waals surface area contributed by atoms with Crippen LogP contribution in [-0.2, 0) is 12.5 Å². The number of ether oxygens (including phenoxy) is 1. The lowest BCUT2D eigenvalue weighted by atomic mass is 9.89. The Morgan fingerprint density at radius 3 is 2.41 bits per heavy atom. The number of aromatic nitrogens is 4. The first-order chi connectivity index (χ1) is 14.8. The number of hydrogen-bond donors (Lipinski definition) is 1. The second-order valence-corrected chi connectivity index (χ2v) is 8.67. The maximum atomic E-state index is 14.5. The van der Waals surface area contributed by atoms with Crippen LogP contribution in [0.15, 0.2) is 36.4 Å². The maximum Gasteiger partial charge on any atom is 0.573 e. The van der Waals surface area contributed by atoms with Gasteiger partial charge in [-0.15, -0.1) is 13.2 Å². The molecule has 0 unspecified atom stereocenters.